The molecule has 3 aromatic rings. The summed E-state index contributed by atoms with van der Waals surface area (Å²) in [5.41, 5.74) is 5.11. The minimum atomic E-state index is -0.468. The van der Waals surface area contributed by atoms with Crippen molar-refractivity contribution in [1.29, 1.82) is 0 Å². The highest BCUT2D eigenvalue weighted by atomic mass is 16.2. The summed E-state index contributed by atoms with van der Waals surface area (Å²) >= 11 is 0. The molecule has 1 aliphatic rings. The first-order valence-electron chi connectivity index (χ1n) is 8.48. The first-order chi connectivity index (χ1) is 12.5. The minimum Gasteiger partial charge on any atom is -0.322 e. The Kier molecular flexibility index (Phi) is 3.88. The van der Waals surface area contributed by atoms with Crippen LogP contribution in [-0.4, -0.2) is 27.3 Å². The standard InChI is InChI=1S/C20H19N5O/c1-12-8-10-15(11-9-12)21-13(2)18-14(3)24-25(19(18)26)20-22-16-6-4-5-7-17(16)23-20/h4-11,18H,1-3H3,(H,22,23)/t18-/m1/s1. The third-order valence-electron chi connectivity index (χ3n) is 4.47. The molecule has 26 heavy (non-hydrogen) atoms. The smallest absolute Gasteiger partial charge is 0.264 e. The monoisotopic (exact) mass is 345 g/mol. The second kappa shape index (κ2) is 6.22. The quantitative estimate of drug-likeness (QED) is 0.729. The van der Waals surface area contributed by atoms with Gasteiger partial charge >= 0.3 is 0 Å². The topological polar surface area (TPSA) is 73.7 Å². The Balaban J connectivity index is 1.64. The van der Waals surface area contributed by atoms with E-state index in [2.05, 4.69) is 20.1 Å². The Morgan fingerprint density at radius 1 is 1.12 bits per heavy atom. The zero-order valence-electron chi connectivity index (χ0n) is 14.9. The summed E-state index contributed by atoms with van der Waals surface area (Å²) in [6.45, 7) is 5.74. The van der Waals surface area contributed by atoms with Crippen LogP contribution in [0.3, 0.4) is 0 Å². The number of hydrazone groups is 1. The number of aromatic nitrogens is 2. The second-order valence-corrected chi connectivity index (χ2v) is 6.49. The average molecular weight is 345 g/mol. The van der Waals surface area contributed by atoms with Gasteiger partial charge in [-0.2, -0.15) is 10.1 Å². The molecule has 0 radical (unpaired) electrons. The van der Waals surface area contributed by atoms with Gasteiger partial charge in [-0.25, -0.2) is 4.98 Å². The fourth-order valence-corrected chi connectivity index (χ4v) is 3.13. The van der Waals surface area contributed by atoms with Crippen LogP contribution in [0.2, 0.25) is 0 Å². The Labute approximate surface area is 151 Å². The highest BCUT2D eigenvalue weighted by Gasteiger charge is 2.37. The SMILES string of the molecule is CC(=Nc1ccc(C)cc1)[C@H]1C(=O)N(c2nc3ccccc3[nH]2)N=C1C. The molecule has 4 rings (SSSR count). The third kappa shape index (κ3) is 2.79. The summed E-state index contributed by atoms with van der Waals surface area (Å²) in [7, 11) is 0. The van der Waals surface area contributed by atoms with Crippen LogP contribution in [0.1, 0.15) is 19.4 Å². The van der Waals surface area contributed by atoms with Gasteiger partial charge < -0.3 is 4.98 Å². The van der Waals surface area contributed by atoms with Crippen LogP contribution in [0.5, 0.6) is 0 Å². The lowest BCUT2D eigenvalue weighted by atomic mass is 9.99. The molecule has 0 bridgehead atoms. The maximum atomic E-state index is 12.9. The number of hydrogen-bond donors (Lipinski definition) is 1. The summed E-state index contributed by atoms with van der Waals surface area (Å²) in [6, 6.07) is 15.6. The molecule has 1 atom stereocenters. The van der Waals surface area contributed by atoms with Crippen LogP contribution in [0.25, 0.3) is 11.0 Å². The molecule has 130 valence electrons. The first kappa shape index (κ1) is 16.2. The number of rotatable bonds is 3. The molecule has 6 heteroatoms. The van der Waals surface area contributed by atoms with Gasteiger partial charge in [0.1, 0.15) is 5.92 Å². The molecule has 0 spiro atoms. The van der Waals surface area contributed by atoms with E-state index < -0.39 is 5.92 Å². The van der Waals surface area contributed by atoms with Crippen LogP contribution < -0.4 is 5.01 Å². The fourth-order valence-electron chi connectivity index (χ4n) is 3.13. The molecule has 1 N–H and O–H groups in total. The van der Waals surface area contributed by atoms with Crippen molar-refractivity contribution in [2.75, 3.05) is 5.01 Å². The van der Waals surface area contributed by atoms with Crippen LogP contribution in [0, 0.1) is 12.8 Å². The number of nitrogens with zero attached hydrogens (tertiary/aromatic N) is 4. The van der Waals surface area contributed by atoms with Crippen molar-refractivity contribution < 1.29 is 4.79 Å². The van der Waals surface area contributed by atoms with Gasteiger partial charge in [-0.05, 0) is 45.0 Å². The van der Waals surface area contributed by atoms with Gasteiger partial charge in [0.25, 0.3) is 5.91 Å². The molecule has 2 aromatic carbocycles. The Bertz CT molecular complexity index is 1010. The molecule has 0 aliphatic carbocycles. The second-order valence-electron chi connectivity index (χ2n) is 6.49. The normalized spacial score (nSPS) is 17.9. The lowest BCUT2D eigenvalue weighted by molar-refractivity contribution is -0.118. The van der Waals surface area contributed by atoms with Gasteiger partial charge in [0.15, 0.2) is 0 Å². The number of benzene rings is 2. The Morgan fingerprint density at radius 3 is 2.58 bits per heavy atom. The Hall–Kier alpha value is -3.28. The van der Waals surface area contributed by atoms with Crippen LogP contribution in [0.15, 0.2) is 58.6 Å². The summed E-state index contributed by atoms with van der Waals surface area (Å²) < 4.78 is 0. The number of imidazole rings is 1. The fraction of sp³-hybridized carbons (Fsp3) is 0.200. The number of carbonyl (C=O) groups excluding carboxylic acids is 1. The lowest BCUT2D eigenvalue weighted by Gasteiger charge is -2.11. The maximum Gasteiger partial charge on any atom is 0.264 e. The van der Waals surface area contributed by atoms with Crippen molar-refractivity contribution in [3.05, 3.63) is 54.1 Å². The number of aryl methyl sites for hydroxylation is 1. The molecule has 6 nitrogen and oxygen atoms in total. The third-order valence-corrected chi connectivity index (χ3v) is 4.47. The van der Waals surface area contributed by atoms with Gasteiger partial charge in [0.05, 0.1) is 22.4 Å². The molecule has 1 aliphatic heterocycles. The molecule has 2 heterocycles. The molecular formula is C20H19N5O. The maximum absolute atomic E-state index is 12.9. The van der Waals surface area contributed by atoms with Gasteiger partial charge in [-0.1, -0.05) is 29.8 Å². The van der Waals surface area contributed by atoms with E-state index in [4.69, 9.17) is 0 Å². The number of amides is 1. The van der Waals surface area contributed by atoms with E-state index in [9.17, 15) is 4.79 Å². The van der Waals surface area contributed by atoms with E-state index in [0.29, 0.717) is 11.7 Å². The number of aromatic amines is 1. The van der Waals surface area contributed by atoms with Crippen molar-refractivity contribution in [2.24, 2.45) is 16.0 Å². The van der Waals surface area contributed by atoms with E-state index in [0.717, 1.165) is 22.4 Å². The highest BCUT2D eigenvalue weighted by molar-refractivity contribution is 6.27. The summed E-state index contributed by atoms with van der Waals surface area (Å²) in [4.78, 5) is 25.2. The predicted octanol–water partition coefficient (Wildman–Crippen LogP) is 4.00. The number of hydrogen-bond acceptors (Lipinski definition) is 4. The molecule has 1 amide bonds. The van der Waals surface area contributed by atoms with Gasteiger partial charge in [0, 0.05) is 5.71 Å². The van der Waals surface area contributed by atoms with Crippen molar-refractivity contribution in [1.82, 2.24) is 9.97 Å². The van der Waals surface area contributed by atoms with E-state index in [-0.39, 0.29) is 5.91 Å². The predicted molar refractivity (Wildman–Crippen MR) is 104 cm³/mol. The van der Waals surface area contributed by atoms with E-state index in [1.165, 1.54) is 10.6 Å². The molecule has 0 saturated carbocycles. The number of carbonyl (C=O) groups is 1. The first-order valence-corrected chi connectivity index (χ1v) is 8.48. The number of H-pyrrole nitrogens is 1. The van der Waals surface area contributed by atoms with Crippen molar-refractivity contribution in [2.45, 2.75) is 20.8 Å². The van der Waals surface area contributed by atoms with Gasteiger partial charge in [0.2, 0.25) is 5.95 Å². The van der Waals surface area contributed by atoms with Crippen molar-refractivity contribution in [3.63, 3.8) is 0 Å². The molecular weight excluding hydrogens is 326 g/mol. The van der Waals surface area contributed by atoms with E-state index in [1.807, 2.05) is 69.3 Å². The summed E-state index contributed by atoms with van der Waals surface area (Å²) in [6.07, 6.45) is 0. The number of nitrogens with one attached hydrogen (secondary N) is 1. The van der Waals surface area contributed by atoms with Crippen LogP contribution in [-0.2, 0) is 4.79 Å². The van der Waals surface area contributed by atoms with Crippen molar-refractivity contribution >= 4 is 40.0 Å². The number of anilines is 1. The summed E-state index contributed by atoms with van der Waals surface area (Å²) in [5.74, 6) is -0.180. The van der Waals surface area contributed by atoms with Crippen molar-refractivity contribution in [3.8, 4) is 0 Å². The molecule has 1 aromatic heterocycles. The van der Waals surface area contributed by atoms with Gasteiger partial charge in [-0.3, -0.25) is 9.79 Å². The minimum absolute atomic E-state index is 0.144. The molecule has 0 fully saturated rings. The summed E-state index contributed by atoms with van der Waals surface area (Å²) in [5, 5.41) is 5.76. The van der Waals surface area contributed by atoms with Gasteiger partial charge in [-0.15, -0.1) is 0 Å². The van der Waals surface area contributed by atoms with Crippen LogP contribution in [0.4, 0.5) is 11.6 Å². The largest absolute Gasteiger partial charge is 0.322 e. The number of fused-ring (bicyclic) bond motifs is 1. The zero-order chi connectivity index (χ0) is 18.3. The van der Waals surface area contributed by atoms with E-state index in [1.54, 1.807) is 0 Å². The highest BCUT2D eigenvalue weighted by Crippen LogP contribution is 2.26. The van der Waals surface area contributed by atoms with E-state index >= 15 is 0 Å². The number of para-hydroxylation sites is 2. The Morgan fingerprint density at radius 2 is 1.85 bits per heavy atom. The lowest BCUT2D eigenvalue weighted by Crippen LogP contribution is -2.32. The molecule has 0 saturated heterocycles. The molecule has 0 unspecified atom stereocenters. The number of aliphatic imine (C=N–C) groups is 1. The average Bonchev–Trinajstić information content (AvgIpc) is 3.17. The van der Waals surface area contributed by atoms with Crippen LogP contribution >= 0.6 is 0 Å². The zero-order valence-corrected chi connectivity index (χ0v) is 14.9.